The Kier molecular flexibility index (Phi) is 2.77. The van der Waals surface area contributed by atoms with Crippen molar-refractivity contribution in [1.29, 1.82) is 5.26 Å². The largest absolute Gasteiger partial charge is 0.285 e. The smallest absolute Gasteiger partial charge is 0.253 e. The number of nitriles is 1. The van der Waals surface area contributed by atoms with E-state index in [4.69, 9.17) is 0 Å². The first-order valence-corrected chi connectivity index (χ1v) is 9.27. The van der Waals surface area contributed by atoms with Crippen LogP contribution in [0.15, 0.2) is 41.1 Å². The van der Waals surface area contributed by atoms with Crippen molar-refractivity contribution in [3.63, 3.8) is 0 Å². The van der Waals surface area contributed by atoms with E-state index in [2.05, 4.69) is 42.1 Å². The van der Waals surface area contributed by atoms with E-state index >= 15 is 0 Å². The molecule has 5 rings (SSSR count). The lowest BCUT2D eigenvalue weighted by molar-refractivity contribution is -0.321. The zero-order chi connectivity index (χ0) is 16.3. The Morgan fingerprint density at radius 2 is 2.25 bits per heavy atom. The molecule has 3 aromatic rings. The molecule has 2 aliphatic rings. The van der Waals surface area contributed by atoms with Crippen molar-refractivity contribution in [2.45, 2.75) is 11.1 Å². The van der Waals surface area contributed by atoms with Crippen LogP contribution in [-0.4, -0.2) is 19.1 Å². The molecule has 116 valence electrons. The molecule has 0 aliphatic carbocycles. The van der Waals surface area contributed by atoms with Crippen molar-refractivity contribution in [2.24, 2.45) is 0 Å². The molecule has 24 heavy (non-hydrogen) atoms. The number of aromatic amines is 1. The third kappa shape index (κ3) is 1.76. The molecule has 2 N–H and O–H groups in total. The number of allylic oxidation sites excluding steroid dienone is 1. The van der Waals surface area contributed by atoms with Gasteiger partial charge in [-0.25, -0.2) is 4.98 Å². The summed E-state index contributed by atoms with van der Waals surface area (Å²) in [6, 6.07) is 6.47. The van der Waals surface area contributed by atoms with Crippen LogP contribution in [-0.2, 0) is 10.9 Å². The van der Waals surface area contributed by atoms with Gasteiger partial charge in [0.15, 0.2) is 15.1 Å². The molecule has 0 saturated carbocycles. The Morgan fingerprint density at radius 1 is 1.33 bits per heavy atom. The molecule has 2 aliphatic heterocycles. The second-order valence-corrected chi connectivity index (χ2v) is 8.39. The van der Waals surface area contributed by atoms with Crippen LogP contribution in [0, 0.1) is 18.3 Å². The van der Waals surface area contributed by atoms with E-state index < -0.39 is 0 Å². The zero-order valence-corrected chi connectivity index (χ0v) is 14.2. The summed E-state index contributed by atoms with van der Waals surface area (Å²) < 4.78 is 6.87. The quantitative estimate of drug-likeness (QED) is 0.692. The Balaban J connectivity index is 1.68. The fourth-order valence-corrected chi connectivity index (χ4v) is 6.02. The van der Waals surface area contributed by atoms with Gasteiger partial charge < -0.3 is 0 Å². The van der Waals surface area contributed by atoms with Crippen LogP contribution in [0.25, 0.3) is 16.1 Å². The van der Waals surface area contributed by atoms with Gasteiger partial charge in [0, 0.05) is 11.8 Å². The highest BCUT2D eigenvalue weighted by Crippen LogP contribution is 2.46. The fourth-order valence-electron chi connectivity index (χ4n) is 2.97. The number of nitrogens with one attached hydrogen (secondary N) is 2. The van der Waals surface area contributed by atoms with Crippen LogP contribution < -0.4 is 4.72 Å². The number of anilines is 1. The van der Waals surface area contributed by atoms with Crippen LogP contribution >= 0.6 is 11.3 Å². The molecular weight excluding hydrogens is 340 g/mol. The van der Waals surface area contributed by atoms with Gasteiger partial charge in [-0.15, -0.1) is 15.3 Å². The van der Waals surface area contributed by atoms with Gasteiger partial charge in [-0.2, -0.15) is 10.4 Å². The average molecular weight is 351 g/mol. The fraction of sp³-hybridized carbons (Fsp3) is 0.0625. The number of thiazole rings is 1. The number of rotatable bonds is 2. The van der Waals surface area contributed by atoms with E-state index in [0.29, 0.717) is 0 Å². The summed E-state index contributed by atoms with van der Waals surface area (Å²) in [6.45, 7) is 2.05. The van der Waals surface area contributed by atoms with Crippen LogP contribution in [0.4, 0.5) is 11.4 Å². The van der Waals surface area contributed by atoms with E-state index in [1.165, 1.54) is 0 Å². The third-order valence-electron chi connectivity index (χ3n) is 4.07. The number of benzene rings is 1. The first-order valence-electron chi connectivity index (χ1n) is 7.27. The first-order chi connectivity index (χ1) is 11.8. The van der Waals surface area contributed by atoms with Gasteiger partial charge in [-0.3, -0.25) is 9.82 Å². The van der Waals surface area contributed by atoms with Crippen molar-refractivity contribution >= 4 is 39.2 Å². The van der Waals surface area contributed by atoms with Crippen LogP contribution in [0.1, 0.15) is 11.1 Å². The van der Waals surface area contributed by atoms with Gasteiger partial charge in [0.2, 0.25) is 6.20 Å². The monoisotopic (exact) mass is 351 g/mol. The van der Waals surface area contributed by atoms with Gasteiger partial charge in [0.05, 0.1) is 18.0 Å². The number of aryl methyl sites for hydroxylation is 1. The Morgan fingerprint density at radius 3 is 3.04 bits per heavy atom. The predicted octanol–water partition coefficient (Wildman–Crippen LogP) is 3.57. The lowest BCUT2D eigenvalue weighted by Gasteiger charge is -2.00. The van der Waals surface area contributed by atoms with E-state index in [1.807, 2.05) is 25.5 Å². The van der Waals surface area contributed by atoms with Gasteiger partial charge in [-0.1, -0.05) is 6.07 Å². The minimum Gasteiger partial charge on any atom is -0.285 e. The number of aromatic nitrogens is 3. The van der Waals surface area contributed by atoms with Crippen molar-refractivity contribution in [3.8, 4) is 16.6 Å². The summed E-state index contributed by atoms with van der Waals surface area (Å²) in [7, 11) is -0.363. The summed E-state index contributed by atoms with van der Waals surface area (Å²) in [5, 5.41) is 17.2. The third-order valence-corrected chi connectivity index (χ3v) is 7.21. The second kappa shape index (κ2) is 4.87. The normalized spacial score (nSPS) is 17.4. The molecule has 1 atom stereocenters. The van der Waals surface area contributed by atoms with Gasteiger partial charge in [0.1, 0.15) is 22.3 Å². The molecule has 6 nitrogen and oxygen atoms in total. The van der Waals surface area contributed by atoms with Crippen LogP contribution in [0.5, 0.6) is 0 Å². The highest BCUT2D eigenvalue weighted by atomic mass is 32.2. The summed E-state index contributed by atoms with van der Waals surface area (Å²) in [5.74, 6) is 0. The summed E-state index contributed by atoms with van der Waals surface area (Å²) in [4.78, 5) is 4.52. The molecule has 0 spiro atoms. The highest BCUT2D eigenvalue weighted by Gasteiger charge is 2.40. The zero-order valence-electron chi connectivity index (χ0n) is 12.6. The first kappa shape index (κ1) is 13.7. The molecule has 1 aromatic carbocycles. The maximum Gasteiger partial charge on any atom is 0.253 e. The molecule has 0 saturated heterocycles. The molecule has 2 aromatic heterocycles. The maximum atomic E-state index is 9.47. The van der Waals surface area contributed by atoms with E-state index in [0.717, 1.165) is 42.9 Å². The van der Waals surface area contributed by atoms with Gasteiger partial charge in [0.25, 0.3) is 5.69 Å². The second-order valence-electron chi connectivity index (χ2n) is 5.49. The van der Waals surface area contributed by atoms with E-state index in [9.17, 15) is 5.26 Å². The topological polar surface area (TPSA) is 80.4 Å². The minimum absolute atomic E-state index is 0.363. The highest BCUT2D eigenvalue weighted by molar-refractivity contribution is 7.89. The molecule has 1 unspecified atom stereocenters. The standard InChI is InChI=1S/C16H10N6S2/c1-9-2-3-12-15-14(9)10(4-17)8-22(15)24(21-12)13-7-18-16(23-13)11-5-19-20-6-11/h2-3,5-8H,1H3,(H,18,19,20,21)/p+1. The summed E-state index contributed by atoms with van der Waals surface area (Å²) in [5.41, 5.74) is 6.05. The van der Waals surface area contributed by atoms with Crippen molar-refractivity contribution in [2.75, 3.05) is 4.72 Å². The maximum absolute atomic E-state index is 9.47. The number of nitrogens with zero attached hydrogens (tertiary/aromatic N) is 4. The Labute approximate surface area is 144 Å². The van der Waals surface area contributed by atoms with Crippen molar-refractivity contribution in [3.05, 3.63) is 48.1 Å². The van der Waals surface area contributed by atoms with Crippen LogP contribution in [0.3, 0.4) is 0 Å². The number of hydrogen-bond donors (Lipinski definition) is 2. The molecule has 0 radical (unpaired) electrons. The molecule has 0 bridgehead atoms. The SMILES string of the molecule is Cc1ccc2c3c1C(C#N)=C[N+]3=S(c1cnc(-c3cn[nH]c3)s1)N2. The van der Waals surface area contributed by atoms with Gasteiger partial charge >= 0.3 is 0 Å². The number of H-pyrrole nitrogens is 1. The summed E-state index contributed by atoms with van der Waals surface area (Å²) >= 11 is 1.64. The minimum atomic E-state index is -0.363. The molecule has 0 amide bonds. The molecule has 0 fully saturated rings. The Hall–Kier alpha value is -2.76. The van der Waals surface area contributed by atoms with Crippen LogP contribution in [0.2, 0.25) is 0 Å². The molecule has 8 heteroatoms. The number of hydrogen-bond acceptors (Lipinski definition) is 5. The summed E-state index contributed by atoms with van der Waals surface area (Å²) in [6.07, 6.45) is 7.46. The average Bonchev–Trinajstić information content (AvgIpc) is 3.34. The van der Waals surface area contributed by atoms with E-state index in [1.54, 1.807) is 17.5 Å². The lowest BCUT2D eigenvalue weighted by atomic mass is 10.0. The lowest BCUT2D eigenvalue weighted by Crippen LogP contribution is -2.04. The Bertz CT molecular complexity index is 1100. The van der Waals surface area contributed by atoms with E-state index in [-0.39, 0.29) is 10.9 Å². The van der Waals surface area contributed by atoms with Gasteiger partial charge in [-0.05, 0) is 18.6 Å². The van der Waals surface area contributed by atoms with Crippen molar-refractivity contribution in [1.82, 2.24) is 15.2 Å². The predicted molar refractivity (Wildman–Crippen MR) is 93.6 cm³/mol. The molecule has 4 heterocycles. The molecular formula is C16H11N6S2+. The van der Waals surface area contributed by atoms with Crippen molar-refractivity contribution < 1.29 is 3.95 Å².